The van der Waals surface area contributed by atoms with E-state index < -0.39 is 6.10 Å². The van der Waals surface area contributed by atoms with Gasteiger partial charge < -0.3 is 34.6 Å². The fourth-order valence-electron chi connectivity index (χ4n) is 7.27. The quantitative estimate of drug-likeness (QED) is 0.339. The fourth-order valence-corrected chi connectivity index (χ4v) is 7.27. The molecule has 0 radical (unpaired) electrons. The number of aliphatic hydroxyl groups is 1. The number of rotatable bonds is 8. The first-order valence-electron chi connectivity index (χ1n) is 16.1. The summed E-state index contributed by atoms with van der Waals surface area (Å²) in [5.74, 6) is 1.83. The second-order valence-corrected chi connectivity index (χ2v) is 12.7. The van der Waals surface area contributed by atoms with Crippen LogP contribution in [0.1, 0.15) is 31.9 Å². The molecule has 0 bridgehead atoms. The third-order valence-electron chi connectivity index (χ3n) is 9.79. The molecule has 2 aromatic heterocycles. The molecule has 1 aromatic carbocycles. The van der Waals surface area contributed by atoms with Crippen molar-refractivity contribution in [1.82, 2.24) is 30.1 Å². The molecule has 3 N–H and O–H groups in total. The zero-order chi connectivity index (χ0) is 30.9. The average molecular weight is 619 g/mol. The first kappa shape index (κ1) is 29.8. The van der Waals surface area contributed by atoms with E-state index >= 15 is 0 Å². The van der Waals surface area contributed by atoms with Crippen LogP contribution >= 0.6 is 0 Å². The Morgan fingerprint density at radius 2 is 1.98 bits per heavy atom. The van der Waals surface area contributed by atoms with Crippen molar-refractivity contribution in [2.45, 2.75) is 56.8 Å². The van der Waals surface area contributed by atoms with Gasteiger partial charge >= 0.3 is 0 Å². The van der Waals surface area contributed by atoms with E-state index in [-0.39, 0.29) is 18.1 Å². The Balaban J connectivity index is 0.879. The van der Waals surface area contributed by atoms with Gasteiger partial charge in [0.25, 0.3) is 5.88 Å². The Kier molecular flexibility index (Phi) is 8.47. The third-order valence-corrected chi connectivity index (χ3v) is 9.79. The number of β-amino-alcohol motifs (C(OH)–C–C–N with tert-alkyl or cyclic N) is 1. The van der Waals surface area contributed by atoms with Crippen LogP contribution in [0, 0.1) is 0 Å². The van der Waals surface area contributed by atoms with E-state index in [9.17, 15) is 15.0 Å². The lowest BCUT2D eigenvalue weighted by molar-refractivity contribution is -0.130. The molecule has 2 unspecified atom stereocenters. The number of nitrogens with zero attached hydrogens (tertiary/aromatic N) is 7. The Morgan fingerprint density at radius 1 is 1.09 bits per heavy atom. The number of carbonyl (C=O) groups is 1. The molecule has 3 fully saturated rings. The number of anilines is 2. The summed E-state index contributed by atoms with van der Waals surface area (Å²) >= 11 is 0. The second kappa shape index (κ2) is 12.8. The van der Waals surface area contributed by atoms with Gasteiger partial charge in [-0.15, -0.1) is 10.2 Å². The van der Waals surface area contributed by atoms with E-state index in [0.717, 1.165) is 63.6 Å². The van der Waals surface area contributed by atoms with E-state index in [4.69, 9.17) is 9.26 Å². The largest absolute Gasteiger partial charge is 0.507 e. The number of phenolic OH excluding ortho intramolecular Hbond substituents is 1. The molecule has 13 heteroatoms. The number of piperazine rings is 1. The number of hydrogen-bond donors (Lipinski definition) is 3. The van der Waals surface area contributed by atoms with Crippen LogP contribution in [0.3, 0.4) is 0 Å². The molecule has 13 nitrogen and oxygen atoms in total. The Bertz CT molecular complexity index is 1500. The average Bonchev–Trinajstić information content (AvgIpc) is 3.70. The van der Waals surface area contributed by atoms with Crippen molar-refractivity contribution in [1.29, 1.82) is 0 Å². The van der Waals surface area contributed by atoms with Crippen molar-refractivity contribution in [3.63, 3.8) is 0 Å². The van der Waals surface area contributed by atoms with Gasteiger partial charge in [-0.05, 0) is 49.5 Å². The minimum Gasteiger partial charge on any atom is -0.507 e. The monoisotopic (exact) mass is 618 g/mol. The van der Waals surface area contributed by atoms with E-state index in [1.807, 2.05) is 18.2 Å². The minimum atomic E-state index is -0.435. The minimum absolute atomic E-state index is 0.0652. The topological polar surface area (TPSA) is 144 Å². The van der Waals surface area contributed by atoms with Crippen molar-refractivity contribution < 1.29 is 24.3 Å². The summed E-state index contributed by atoms with van der Waals surface area (Å²) in [6.07, 6.45) is 2.54. The normalized spacial score (nSPS) is 25.5. The van der Waals surface area contributed by atoms with Gasteiger partial charge in [0, 0.05) is 76.1 Å². The number of amides is 1. The Labute approximate surface area is 262 Å². The molecule has 0 aliphatic carbocycles. The number of nitrogens with one attached hydrogen (secondary N) is 1. The number of aromatic nitrogens is 3. The summed E-state index contributed by atoms with van der Waals surface area (Å²) < 4.78 is 11.2. The van der Waals surface area contributed by atoms with Crippen LogP contribution in [0.2, 0.25) is 0 Å². The fraction of sp³-hybridized carbons (Fsp3) is 0.562. The maximum Gasteiger partial charge on any atom is 0.254 e. The molecular weight excluding hydrogens is 576 g/mol. The highest BCUT2D eigenvalue weighted by Gasteiger charge is 2.37. The molecule has 4 aliphatic rings. The number of hydrogen-bond acceptors (Lipinski definition) is 12. The summed E-state index contributed by atoms with van der Waals surface area (Å²) in [6.45, 7) is 9.34. The summed E-state index contributed by atoms with van der Waals surface area (Å²) in [5.41, 5.74) is 2.43. The van der Waals surface area contributed by atoms with Crippen LogP contribution in [0.15, 0.2) is 40.9 Å². The number of ether oxygens (including phenoxy) is 1. The molecule has 0 saturated carbocycles. The molecule has 3 aromatic rings. The van der Waals surface area contributed by atoms with Crippen LogP contribution in [-0.4, -0.2) is 129 Å². The summed E-state index contributed by atoms with van der Waals surface area (Å²) in [4.78, 5) is 21.7. The van der Waals surface area contributed by atoms with Crippen molar-refractivity contribution >= 4 is 17.4 Å². The smallest absolute Gasteiger partial charge is 0.254 e. The van der Waals surface area contributed by atoms with Gasteiger partial charge in [0.05, 0.1) is 29.9 Å². The van der Waals surface area contributed by atoms with Crippen LogP contribution in [-0.2, 0) is 11.2 Å². The highest BCUT2D eigenvalue weighted by molar-refractivity contribution is 5.78. The van der Waals surface area contributed by atoms with Crippen molar-refractivity contribution in [3.05, 3.63) is 42.2 Å². The molecule has 45 heavy (non-hydrogen) atoms. The molecule has 3 saturated heterocycles. The maximum absolute atomic E-state index is 12.4. The van der Waals surface area contributed by atoms with E-state index in [1.54, 1.807) is 17.0 Å². The molecule has 7 rings (SSSR count). The Morgan fingerprint density at radius 3 is 2.80 bits per heavy atom. The number of carbonyl (C=O) groups excluding carboxylic acids is 1. The van der Waals surface area contributed by atoms with Crippen LogP contribution < -0.4 is 15.0 Å². The number of aliphatic hydroxyl groups excluding tert-OH is 1. The lowest BCUT2D eigenvalue weighted by atomic mass is 9.95. The number of likely N-dealkylation sites (tertiary alicyclic amines) is 2. The molecule has 4 aliphatic heterocycles. The predicted octanol–water partition coefficient (Wildman–Crippen LogP) is 1.82. The first-order chi connectivity index (χ1) is 21.9. The molecule has 1 amide bonds. The van der Waals surface area contributed by atoms with E-state index in [2.05, 4.69) is 48.4 Å². The molecule has 240 valence electrons. The standard InChI is InChI=1S/C32H42N8O5/c1-21-14-22(6-8-37(21)12-13-44-30-15-25(45-36-30)16-31(43)39-9-7-24(41)20-39)38-10-11-40-23(19-38)18-33-32-28(40)17-27(34-35-32)26-4-2-3-5-29(26)42/h2-5,15,17,21-24,41-42H,6-14,16,18-20H2,1H3,(H,33,35)/t21?,22?,23-,24+/m0/s1. The number of aromatic hydroxyl groups is 1. The van der Waals surface area contributed by atoms with Crippen LogP contribution in [0.5, 0.6) is 11.6 Å². The number of benzene rings is 1. The zero-order valence-corrected chi connectivity index (χ0v) is 25.7. The number of para-hydroxylation sites is 1. The summed E-state index contributed by atoms with van der Waals surface area (Å²) in [6, 6.07) is 12.3. The predicted molar refractivity (Wildman–Crippen MR) is 167 cm³/mol. The number of fused-ring (bicyclic) bond motifs is 3. The second-order valence-electron chi connectivity index (χ2n) is 12.7. The molecule has 6 heterocycles. The van der Waals surface area contributed by atoms with Gasteiger partial charge in [-0.25, -0.2) is 0 Å². The van der Waals surface area contributed by atoms with E-state index in [1.165, 1.54) is 0 Å². The van der Waals surface area contributed by atoms with Crippen molar-refractivity contribution in [2.75, 3.05) is 69.2 Å². The lowest BCUT2D eigenvalue weighted by Gasteiger charge is -2.50. The van der Waals surface area contributed by atoms with Gasteiger partial charge in [0.1, 0.15) is 18.1 Å². The van der Waals surface area contributed by atoms with Crippen LogP contribution in [0.25, 0.3) is 11.3 Å². The SMILES string of the molecule is CC1CC(N2CCN3c4cc(-c5ccccc5O)nnc4NC[C@H]3C2)CCN1CCOc1cc(CC(=O)N2CC[C@@H](O)C2)on1. The maximum atomic E-state index is 12.4. The third kappa shape index (κ3) is 6.42. The van der Waals surface area contributed by atoms with Gasteiger partial charge in [0.2, 0.25) is 5.91 Å². The Hall–Kier alpha value is -3.94. The van der Waals surface area contributed by atoms with Gasteiger partial charge in [0.15, 0.2) is 5.82 Å². The highest BCUT2D eigenvalue weighted by atomic mass is 16.5. The highest BCUT2D eigenvalue weighted by Crippen LogP contribution is 2.36. The van der Waals surface area contributed by atoms with Gasteiger partial charge in [-0.2, -0.15) is 0 Å². The van der Waals surface area contributed by atoms with Gasteiger partial charge in [-0.3, -0.25) is 14.6 Å². The summed E-state index contributed by atoms with van der Waals surface area (Å²) in [5, 5.41) is 36.3. The van der Waals surface area contributed by atoms with Crippen molar-refractivity contribution in [3.8, 4) is 22.9 Å². The molecular formula is C32H42N8O5. The van der Waals surface area contributed by atoms with Gasteiger partial charge in [-0.1, -0.05) is 12.1 Å². The van der Waals surface area contributed by atoms with Crippen molar-refractivity contribution in [2.24, 2.45) is 0 Å². The molecule has 0 spiro atoms. The zero-order valence-electron chi connectivity index (χ0n) is 25.7. The molecule has 4 atom stereocenters. The number of phenols is 1. The number of piperidine rings is 1. The summed E-state index contributed by atoms with van der Waals surface area (Å²) in [7, 11) is 0. The first-order valence-corrected chi connectivity index (χ1v) is 16.1. The van der Waals surface area contributed by atoms with Crippen LogP contribution in [0.4, 0.5) is 11.5 Å². The lowest BCUT2D eigenvalue weighted by Crippen LogP contribution is -2.61. The van der Waals surface area contributed by atoms with E-state index in [0.29, 0.717) is 67.1 Å².